The highest BCUT2D eigenvalue weighted by Gasteiger charge is 2.24. The largest absolute Gasteiger partial charge is 0.384 e. The van der Waals surface area contributed by atoms with Crippen LogP contribution in [-0.4, -0.2) is 60.6 Å². The molecule has 0 aromatic carbocycles. The van der Waals surface area contributed by atoms with Gasteiger partial charge in [0.25, 0.3) is 0 Å². The molecule has 25 heavy (non-hydrogen) atoms. The molecule has 1 N–H and O–H groups in total. The maximum atomic E-state index is 5.27. The lowest BCUT2D eigenvalue weighted by Gasteiger charge is -2.21. The van der Waals surface area contributed by atoms with Gasteiger partial charge in [0.1, 0.15) is 5.65 Å². The van der Waals surface area contributed by atoms with E-state index < -0.39 is 0 Å². The van der Waals surface area contributed by atoms with E-state index in [1.54, 1.807) is 7.11 Å². The molecule has 0 radical (unpaired) electrons. The molecule has 2 aromatic rings. The van der Waals surface area contributed by atoms with Crippen LogP contribution in [0.5, 0.6) is 0 Å². The van der Waals surface area contributed by atoms with Crippen molar-refractivity contribution in [2.45, 2.75) is 19.8 Å². The van der Waals surface area contributed by atoms with Crippen molar-refractivity contribution in [1.29, 1.82) is 0 Å². The molecule has 3 heterocycles. The lowest BCUT2D eigenvalue weighted by Crippen LogP contribution is -2.41. The Morgan fingerprint density at radius 2 is 2.32 bits per heavy atom. The number of aliphatic imine (C=N–C) groups is 1. The van der Waals surface area contributed by atoms with Crippen molar-refractivity contribution in [3.8, 4) is 0 Å². The zero-order valence-electron chi connectivity index (χ0n) is 15.2. The van der Waals surface area contributed by atoms with Gasteiger partial charge in [-0.05, 0) is 25.0 Å². The van der Waals surface area contributed by atoms with Crippen molar-refractivity contribution >= 4 is 35.6 Å². The highest BCUT2D eigenvalue weighted by atomic mass is 127. The van der Waals surface area contributed by atoms with Gasteiger partial charge in [0.2, 0.25) is 0 Å². The monoisotopic (exact) mass is 457 g/mol. The van der Waals surface area contributed by atoms with Crippen molar-refractivity contribution in [3.63, 3.8) is 0 Å². The molecule has 1 atom stereocenters. The lowest BCUT2D eigenvalue weighted by atomic mass is 10.1. The van der Waals surface area contributed by atoms with E-state index in [-0.39, 0.29) is 24.0 Å². The molecule has 0 saturated carbocycles. The van der Waals surface area contributed by atoms with Crippen molar-refractivity contribution < 1.29 is 4.74 Å². The Labute approximate surface area is 166 Å². The van der Waals surface area contributed by atoms with Gasteiger partial charge < -0.3 is 19.4 Å². The molecule has 0 amide bonds. The zero-order valence-corrected chi connectivity index (χ0v) is 17.6. The van der Waals surface area contributed by atoms with Crippen molar-refractivity contribution in [2.24, 2.45) is 10.9 Å². The number of methoxy groups -OCH3 is 1. The first-order chi connectivity index (χ1) is 11.7. The van der Waals surface area contributed by atoms with Gasteiger partial charge in [-0.2, -0.15) is 0 Å². The zero-order chi connectivity index (χ0) is 16.9. The number of nitrogens with one attached hydrogen (secondary N) is 1. The van der Waals surface area contributed by atoms with Gasteiger partial charge in [0.05, 0.1) is 12.3 Å². The Morgan fingerprint density at radius 3 is 3.04 bits per heavy atom. The van der Waals surface area contributed by atoms with Gasteiger partial charge in [-0.15, -0.1) is 24.0 Å². The topological polar surface area (TPSA) is 54.2 Å². The van der Waals surface area contributed by atoms with Crippen LogP contribution in [0.15, 0.2) is 29.5 Å². The Bertz CT molecular complexity index is 715. The lowest BCUT2D eigenvalue weighted by molar-refractivity contribution is 0.157. The maximum Gasteiger partial charge on any atom is 0.193 e. The number of guanidine groups is 1. The fourth-order valence-corrected chi connectivity index (χ4v) is 3.36. The molecule has 0 spiro atoms. The molecule has 6 nitrogen and oxygen atoms in total. The molecule has 7 heteroatoms. The number of pyridine rings is 1. The van der Waals surface area contributed by atoms with E-state index in [4.69, 9.17) is 9.72 Å². The number of aromatic nitrogens is 2. The Morgan fingerprint density at radius 1 is 1.48 bits per heavy atom. The predicted molar refractivity (Wildman–Crippen MR) is 112 cm³/mol. The SMILES string of the molecule is CN=C(NCCc1cn2cccc(C)c2n1)N1CCC(COC)C1.I. The van der Waals surface area contributed by atoms with Crippen LogP contribution in [0.2, 0.25) is 0 Å². The van der Waals surface area contributed by atoms with E-state index >= 15 is 0 Å². The average molecular weight is 457 g/mol. The second kappa shape index (κ2) is 9.38. The molecule has 3 rings (SSSR count). The molecule has 2 aromatic heterocycles. The van der Waals surface area contributed by atoms with Gasteiger partial charge in [-0.1, -0.05) is 6.07 Å². The second-order valence-electron chi connectivity index (χ2n) is 6.43. The summed E-state index contributed by atoms with van der Waals surface area (Å²) < 4.78 is 7.36. The standard InChI is InChI=1S/C18H27N5O.HI/c1-14-5-4-9-22-12-16(21-17(14)22)6-8-20-18(19-2)23-10-7-15(11-23)13-24-3;/h4-5,9,12,15H,6-8,10-11,13H2,1-3H3,(H,19,20);1H. The number of nitrogens with zero attached hydrogens (tertiary/aromatic N) is 4. The highest BCUT2D eigenvalue weighted by Crippen LogP contribution is 2.16. The first kappa shape index (κ1) is 20.0. The summed E-state index contributed by atoms with van der Waals surface area (Å²) in [6.07, 6.45) is 6.21. The molecule has 1 saturated heterocycles. The summed E-state index contributed by atoms with van der Waals surface area (Å²) in [6, 6.07) is 4.15. The van der Waals surface area contributed by atoms with Crippen LogP contribution in [-0.2, 0) is 11.2 Å². The van der Waals surface area contributed by atoms with Crippen LogP contribution in [0, 0.1) is 12.8 Å². The van der Waals surface area contributed by atoms with Crippen LogP contribution in [0.4, 0.5) is 0 Å². The van der Waals surface area contributed by atoms with Gasteiger partial charge in [-0.3, -0.25) is 4.99 Å². The van der Waals surface area contributed by atoms with Crippen LogP contribution in [0.25, 0.3) is 5.65 Å². The summed E-state index contributed by atoms with van der Waals surface area (Å²) in [5.74, 6) is 1.59. The van der Waals surface area contributed by atoms with Crippen LogP contribution < -0.4 is 5.32 Å². The minimum Gasteiger partial charge on any atom is -0.384 e. The summed E-state index contributed by atoms with van der Waals surface area (Å²) in [5.41, 5.74) is 3.35. The summed E-state index contributed by atoms with van der Waals surface area (Å²) in [4.78, 5) is 11.5. The van der Waals surface area contributed by atoms with Crippen molar-refractivity contribution in [3.05, 3.63) is 35.8 Å². The number of imidazole rings is 1. The minimum atomic E-state index is 0. The van der Waals surface area contributed by atoms with Crippen LogP contribution in [0.3, 0.4) is 0 Å². The van der Waals surface area contributed by atoms with Gasteiger partial charge in [0, 0.05) is 58.5 Å². The number of ether oxygens (including phenoxy) is 1. The van der Waals surface area contributed by atoms with Crippen LogP contribution in [0.1, 0.15) is 17.7 Å². The molecular weight excluding hydrogens is 429 g/mol. The number of aryl methyl sites for hydroxylation is 1. The molecular formula is C18H28IN5O. The number of rotatable bonds is 5. The quantitative estimate of drug-likeness (QED) is 0.426. The number of hydrogen-bond acceptors (Lipinski definition) is 3. The predicted octanol–water partition coefficient (Wildman–Crippen LogP) is 2.35. The highest BCUT2D eigenvalue weighted by molar-refractivity contribution is 14.0. The fraction of sp³-hybridized carbons (Fsp3) is 0.556. The van der Waals surface area contributed by atoms with Gasteiger partial charge >= 0.3 is 0 Å². The van der Waals surface area contributed by atoms with Crippen molar-refractivity contribution in [2.75, 3.05) is 40.4 Å². The van der Waals surface area contributed by atoms with E-state index in [1.165, 1.54) is 12.0 Å². The van der Waals surface area contributed by atoms with E-state index in [2.05, 4.69) is 44.9 Å². The van der Waals surface area contributed by atoms with E-state index in [0.717, 1.165) is 50.0 Å². The van der Waals surface area contributed by atoms with E-state index in [0.29, 0.717) is 5.92 Å². The maximum absolute atomic E-state index is 5.27. The number of hydrogen-bond donors (Lipinski definition) is 1. The first-order valence-electron chi connectivity index (χ1n) is 8.59. The smallest absolute Gasteiger partial charge is 0.193 e. The summed E-state index contributed by atoms with van der Waals surface area (Å²) >= 11 is 0. The molecule has 1 unspecified atom stereocenters. The molecule has 0 bridgehead atoms. The van der Waals surface area contributed by atoms with Crippen LogP contribution >= 0.6 is 24.0 Å². The van der Waals surface area contributed by atoms with Crippen molar-refractivity contribution in [1.82, 2.24) is 19.6 Å². The number of fused-ring (bicyclic) bond motifs is 1. The second-order valence-corrected chi connectivity index (χ2v) is 6.43. The molecule has 138 valence electrons. The Balaban J connectivity index is 0.00000225. The third-order valence-corrected chi connectivity index (χ3v) is 4.59. The summed E-state index contributed by atoms with van der Waals surface area (Å²) in [6.45, 7) is 5.81. The molecule has 1 aliphatic heterocycles. The first-order valence-corrected chi connectivity index (χ1v) is 8.59. The molecule has 0 aliphatic carbocycles. The third-order valence-electron chi connectivity index (χ3n) is 4.59. The fourth-order valence-electron chi connectivity index (χ4n) is 3.36. The Kier molecular flexibility index (Phi) is 7.49. The molecule has 1 fully saturated rings. The van der Waals surface area contributed by atoms with Gasteiger partial charge in [-0.25, -0.2) is 4.98 Å². The average Bonchev–Trinajstić information content (AvgIpc) is 3.19. The normalized spacial score (nSPS) is 17.8. The summed E-state index contributed by atoms with van der Waals surface area (Å²) in [7, 11) is 3.62. The van der Waals surface area contributed by atoms with E-state index in [1.807, 2.05) is 13.2 Å². The molecule has 1 aliphatic rings. The van der Waals surface area contributed by atoms with E-state index in [9.17, 15) is 0 Å². The third kappa shape index (κ3) is 4.84. The van der Waals surface area contributed by atoms with Gasteiger partial charge in [0.15, 0.2) is 5.96 Å². The number of likely N-dealkylation sites (tertiary alicyclic amines) is 1. The Hall–Kier alpha value is -1.35. The minimum absolute atomic E-state index is 0. The summed E-state index contributed by atoms with van der Waals surface area (Å²) in [5, 5.41) is 3.47. The number of halogens is 1.